The van der Waals surface area contributed by atoms with Crippen LogP contribution in [0, 0.1) is 0 Å². The Kier molecular flexibility index (Phi) is 2.95. The Morgan fingerprint density at radius 1 is 0.810 bits per heavy atom. The molecule has 3 aromatic rings. The van der Waals surface area contributed by atoms with Crippen molar-refractivity contribution in [1.82, 2.24) is 0 Å². The van der Waals surface area contributed by atoms with Crippen molar-refractivity contribution < 1.29 is 19.8 Å². The third-order valence-corrected chi connectivity index (χ3v) is 4.31. The van der Waals surface area contributed by atoms with Crippen molar-refractivity contribution in [2.45, 2.75) is 0 Å². The largest absolute Gasteiger partial charge is 0.478 e. The SMILES string of the molecule is O=C(O)c1cccc2sc3cccc(C(=O)O)c3c(=O)c12. The lowest BCUT2D eigenvalue weighted by molar-refractivity contribution is 0.0688. The highest BCUT2D eigenvalue weighted by Crippen LogP contribution is 2.28. The molecule has 1 aromatic heterocycles. The predicted molar refractivity (Wildman–Crippen MR) is 79.5 cm³/mol. The van der Waals surface area contributed by atoms with Crippen LogP contribution in [0.4, 0.5) is 0 Å². The standard InChI is InChI=1S/C15H8O5S/c16-13-11-7(14(17)18)3-1-5-9(11)21-10-6-2-4-8(12(10)13)15(19)20/h1-6H,(H,17,18)(H,19,20). The van der Waals surface area contributed by atoms with Gasteiger partial charge in [0, 0.05) is 9.40 Å². The number of carboxylic acids is 2. The van der Waals surface area contributed by atoms with Gasteiger partial charge in [0.2, 0.25) is 0 Å². The number of rotatable bonds is 2. The van der Waals surface area contributed by atoms with Crippen molar-refractivity contribution in [3.63, 3.8) is 0 Å². The summed E-state index contributed by atoms with van der Waals surface area (Å²) in [6.07, 6.45) is 0. The van der Waals surface area contributed by atoms with Gasteiger partial charge in [0.1, 0.15) is 0 Å². The van der Waals surface area contributed by atoms with Gasteiger partial charge in [0.15, 0.2) is 5.43 Å². The van der Waals surface area contributed by atoms with E-state index in [0.29, 0.717) is 9.40 Å². The molecule has 0 spiro atoms. The van der Waals surface area contributed by atoms with Crippen LogP contribution in [0.25, 0.3) is 20.2 Å². The highest BCUT2D eigenvalue weighted by atomic mass is 32.1. The van der Waals surface area contributed by atoms with Gasteiger partial charge in [-0.05, 0) is 24.3 Å². The van der Waals surface area contributed by atoms with Crippen LogP contribution in [0.5, 0.6) is 0 Å². The number of carbonyl (C=O) groups is 2. The highest BCUT2D eigenvalue weighted by Gasteiger charge is 2.18. The highest BCUT2D eigenvalue weighted by molar-refractivity contribution is 7.24. The molecule has 0 atom stereocenters. The summed E-state index contributed by atoms with van der Waals surface area (Å²) in [4.78, 5) is 35.2. The third kappa shape index (κ3) is 1.96. The second kappa shape index (κ2) is 4.68. The summed E-state index contributed by atoms with van der Waals surface area (Å²) < 4.78 is 1.05. The van der Waals surface area contributed by atoms with Crippen LogP contribution < -0.4 is 5.43 Å². The lowest BCUT2D eigenvalue weighted by Gasteiger charge is -2.05. The van der Waals surface area contributed by atoms with E-state index < -0.39 is 17.4 Å². The van der Waals surface area contributed by atoms with Crippen LogP contribution in [0.1, 0.15) is 20.7 Å². The molecule has 0 unspecified atom stereocenters. The summed E-state index contributed by atoms with van der Waals surface area (Å²) >= 11 is 1.20. The average Bonchev–Trinajstić information content (AvgIpc) is 2.45. The Bertz CT molecular complexity index is 896. The minimum Gasteiger partial charge on any atom is -0.478 e. The summed E-state index contributed by atoms with van der Waals surface area (Å²) in [6.45, 7) is 0. The molecule has 0 fully saturated rings. The fraction of sp³-hybridized carbons (Fsp3) is 0. The zero-order chi connectivity index (χ0) is 15.1. The molecule has 1 heterocycles. The van der Waals surface area contributed by atoms with E-state index in [0.717, 1.165) is 0 Å². The number of hydrogen-bond donors (Lipinski definition) is 2. The summed E-state index contributed by atoms with van der Waals surface area (Å²) in [6, 6.07) is 9.12. The van der Waals surface area contributed by atoms with E-state index in [1.807, 2.05) is 0 Å². The summed E-state index contributed by atoms with van der Waals surface area (Å²) in [5.74, 6) is -2.42. The van der Waals surface area contributed by atoms with Gasteiger partial charge in [-0.25, -0.2) is 9.59 Å². The van der Waals surface area contributed by atoms with E-state index in [1.165, 1.54) is 23.5 Å². The van der Waals surface area contributed by atoms with Crippen LogP contribution in [0.2, 0.25) is 0 Å². The van der Waals surface area contributed by atoms with Gasteiger partial charge >= 0.3 is 11.9 Å². The van der Waals surface area contributed by atoms with E-state index in [-0.39, 0.29) is 21.9 Å². The van der Waals surface area contributed by atoms with E-state index in [2.05, 4.69) is 0 Å². The fourth-order valence-corrected chi connectivity index (χ4v) is 3.44. The zero-order valence-corrected chi connectivity index (χ0v) is 11.3. The molecule has 0 bridgehead atoms. The molecule has 0 saturated heterocycles. The van der Waals surface area contributed by atoms with Crippen LogP contribution in [0.15, 0.2) is 41.2 Å². The van der Waals surface area contributed by atoms with Crippen LogP contribution in [-0.4, -0.2) is 22.2 Å². The minimum absolute atomic E-state index is 0.0520. The number of benzene rings is 2. The number of aromatic carboxylic acids is 2. The molecule has 0 aliphatic heterocycles. The quantitative estimate of drug-likeness (QED) is 0.710. The van der Waals surface area contributed by atoms with Gasteiger partial charge in [-0.2, -0.15) is 0 Å². The maximum absolute atomic E-state index is 12.6. The van der Waals surface area contributed by atoms with E-state index in [1.54, 1.807) is 24.3 Å². The van der Waals surface area contributed by atoms with Crippen molar-refractivity contribution >= 4 is 43.4 Å². The third-order valence-electron chi connectivity index (χ3n) is 3.19. The van der Waals surface area contributed by atoms with Gasteiger partial charge < -0.3 is 10.2 Å². The molecule has 2 aromatic carbocycles. The molecule has 0 aliphatic rings. The van der Waals surface area contributed by atoms with Crippen molar-refractivity contribution in [2.75, 3.05) is 0 Å². The topological polar surface area (TPSA) is 91.7 Å². The van der Waals surface area contributed by atoms with Crippen LogP contribution in [-0.2, 0) is 0 Å². The smallest absolute Gasteiger partial charge is 0.336 e. The number of carboxylic acid groups (broad SMARTS) is 2. The molecular formula is C15H8O5S. The molecule has 0 aliphatic carbocycles. The summed E-state index contributed by atoms with van der Waals surface area (Å²) in [5, 5.41) is 18.5. The molecular weight excluding hydrogens is 292 g/mol. The second-order valence-corrected chi connectivity index (χ2v) is 5.48. The van der Waals surface area contributed by atoms with Crippen molar-refractivity contribution in [3.05, 3.63) is 57.7 Å². The first kappa shape index (κ1) is 13.3. The number of hydrogen-bond acceptors (Lipinski definition) is 4. The Balaban J connectivity index is 2.62. The van der Waals surface area contributed by atoms with Crippen molar-refractivity contribution in [2.24, 2.45) is 0 Å². The molecule has 104 valence electrons. The van der Waals surface area contributed by atoms with Gasteiger partial charge in [-0.15, -0.1) is 11.3 Å². The van der Waals surface area contributed by atoms with Crippen molar-refractivity contribution in [1.29, 1.82) is 0 Å². The van der Waals surface area contributed by atoms with Crippen LogP contribution in [0.3, 0.4) is 0 Å². The molecule has 5 nitrogen and oxygen atoms in total. The van der Waals surface area contributed by atoms with Gasteiger partial charge in [-0.3, -0.25) is 4.79 Å². The average molecular weight is 300 g/mol. The zero-order valence-electron chi connectivity index (χ0n) is 10.5. The monoisotopic (exact) mass is 300 g/mol. The van der Waals surface area contributed by atoms with E-state index >= 15 is 0 Å². The summed E-state index contributed by atoms with van der Waals surface area (Å²) in [7, 11) is 0. The first-order valence-corrected chi connectivity index (χ1v) is 6.77. The first-order chi connectivity index (χ1) is 10.0. The Labute approximate surface area is 121 Å². The lowest BCUT2D eigenvalue weighted by atomic mass is 10.1. The van der Waals surface area contributed by atoms with Gasteiger partial charge in [0.05, 0.1) is 21.9 Å². The Morgan fingerprint density at radius 2 is 1.24 bits per heavy atom. The molecule has 21 heavy (non-hydrogen) atoms. The maximum atomic E-state index is 12.6. The van der Waals surface area contributed by atoms with Crippen molar-refractivity contribution in [3.8, 4) is 0 Å². The molecule has 0 radical (unpaired) electrons. The molecule has 0 amide bonds. The minimum atomic E-state index is -1.21. The fourth-order valence-electron chi connectivity index (χ4n) is 2.30. The Morgan fingerprint density at radius 3 is 1.62 bits per heavy atom. The van der Waals surface area contributed by atoms with E-state index in [4.69, 9.17) is 0 Å². The molecule has 6 heteroatoms. The van der Waals surface area contributed by atoms with Gasteiger partial charge in [0.25, 0.3) is 0 Å². The van der Waals surface area contributed by atoms with Gasteiger partial charge in [-0.1, -0.05) is 12.1 Å². The lowest BCUT2D eigenvalue weighted by Crippen LogP contribution is -2.11. The maximum Gasteiger partial charge on any atom is 0.336 e. The van der Waals surface area contributed by atoms with Crippen LogP contribution >= 0.6 is 11.3 Å². The molecule has 3 rings (SSSR count). The molecule has 2 N–H and O–H groups in total. The predicted octanol–water partition coefficient (Wildman–Crippen LogP) is 2.81. The second-order valence-electron chi connectivity index (χ2n) is 4.40. The van der Waals surface area contributed by atoms with E-state index in [9.17, 15) is 24.6 Å². The summed E-state index contributed by atoms with van der Waals surface area (Å²) in [5.41, 5.74) is -0.790. The first-order valence-electron chi connectivity index (χ1n) is 5.96. The number of fused-ring (bicyclic) bond motifs is 2. The normalized spacial score (nSPS) is 10.9. The molecule has 0 saturated carbocycles. The Hall–Kier alpha value is -2.73.